The molecule has 1 saturated heterocycles. The number of nitrogens with one attached hydrogen (secondary N) is 1. The third kappa shape index (κ3) is 3.44. The molecule has 8 heteroatoms. The highest BCUT2D eigenvalue weighted by Crippen LogP contribution is 2.30. The van der Waals surface area contributed by atoms with Crippen LogP contribution in [0.3, 0.4) is 0 Å². The Kier molecular flexibility index (Phi) is 4.52. The summed E-state index contributed by atoms with van der Waals surface area (Å²) in [6.07, 6.45) is 0.320. The molecule has 138 valence electrons. The van der Waals surface area contributed by atoms with Crippen LogP contribution in [0.1, 0.15) is 39.3 Å². The number of hydrogen-bond acceptors (Lipinski definition) is 4. The summed E-state index contributed by atoms with van der Waals surface area (Å²) in [7, 11) is 0. The predicted molar refractivity (Wildman–Crippen MR) is 90.7 cm³/mol. The maximum Gasteiger partial charge on any atom is 0.249 e. The number of carbonyl (C=O) groups excluding carboxylic acids is 2. The number of rotatable bonds is 3. The number of benzene rings is 1. The molecule has 0 unspecified atom stereocenters. The van der Waals surface area contributed by atoms with E-state index in [2.05, 4.69) is 10.5 Å². The first-order valence-corrected chi connectivity index (χ1v) is 8.22. The Bertz CT molecular complexity index is 858. The molecule has 2 aromatic rings. The van der Waals surface area contributed by atoms with Crippen molar-refractivity contribution in [2.75, 3.05) is 10.2 Å². The van der Waals surface area contributed by atoms with E-state index >= 15 is 0 Å². The summed E-state index contributed by atoms with van der Waals surface area (Å²) >= 11 is 0. The van der Waals surface area contributed by atoms with Gasteiger partial charge in [0.25, 0.3) is 0 Å². The Hall–Kier alpha value is -2.77. The van der Waals surface area contributed by atoms with Gasteiger partial charge in [0.15, 0.2) is 0 Å². The number of nitrogens with zero attached hydrogens (tertiary/aromatic N) is 2. The summed E-state index contributed by atoms with van der Waals surface area (Å²) in [4.78, 5) is 25.8. The smallest absolute Gasteiger partial charge is 0.249 e. The van der Waals surface area contributed by atoms with E-state index in [-0.39, 0.29) is 29.8 Å². The average Bonchev–Trinajstić information content (AvgIpc) is 3.14. The van der Waals surface area contributed by atoms with E-state index in [4.69, 9.17) is 4.52 Å². The Labute approximate surface area is 149 Å². The number of anilines is 2. The maximum absolute atomic E-state index is 14.1. The Balaban J connectivity index is 1.81. The van der Waals surface area contributed by atoms with Crippen molar-refractivity contribution in [1.82, 2.24) is 5.16 Å². The van der Waals surface area contributed by atoms with Gasteiger partial charge in [0.1, 0.15) is 17.7 Å². The van der Waals surface area contributed by atoms with Gasteiger partial charge in [0, 0.05) is 24.0 Å². The zero-order chi connectivity index (χ0) is 19.1. The van der Waals surface area contributed by atoms with Crippen molar-refractivity contribution in [3.8, 4) is 0 Å². The van der Waals surface area contributed by atoms with E-state index in [0.717, 1.165) is 17.0 Å². The molecular formula is C18H19F2N3O3. The summed E-state index contributed by atoms with van der Waals surface area (Å²) in [6.45, 7) is 5.85. The summed E-state index contributed by atoms with van der Waals surface area (Å²) in [5.41, 5.74) is 0.290. The first-order chi connectivity index (χ1) is 12.2. The highest BCUT2D eigenvalue weighted by atomic mass is 19.1. The van der Waals surface area contributed by atoms with Crippen LogP contribution in [0.5, 0.6) is 0 Å². The molecule has 1 aromatic heterocycles. The lowest BCUT2D eigenvalue weighted by Gasteiger charge is -2.24. The van der Waals surface area contributed by atoms with Crippen molar-refractivity contribution in [2.24, 2.45) is 0 Å². The van der Waals surface area contributed by atoms with Gasteiger partial charge < -0.3 is 4.52 Å². The fraction of sp³-hybridized carbons (Fsp3) is 0.389. The van der Waals surface area contributed by atoms with Crippen molar-refractivity contribution in [3.63, 3.8) is 0 Å². The third-order valence-electron chi connectivity index (χ3n) is 4.21. The largest absolute Gasteiger partial charge is 0.338 e. The van der Waals surface area contributed by atoms with Crippen LogP contribution in [-0.2, 0) is 15.0 Å². The van der Waals surface area contributed by atoms with E-state index < -0.39 is 29.5 Å². The maximum atomic E-state index is 14.1. The minimum absolute atomic E-state index is 0.0958. The molecule has 1 aromatic carbocycles. The van der Waals surface area contributed by atoms with Gasteiger partial charge in [-0.3, -0.25) is 19.8 Å². The molecule has 26 heavy (non-hydrogen) atoms. The molecule has 0 radical (unpaired) electrons. The molecule has 0 saturated carbocycles. The zero-order valence-electron chi connectivity index (χ0n) is 14.7. The Morgan fingerprint density at radius 1 is 1.31 bits per heavy atom. The molecular weight excluding hydrogens is 344 g/mol. The summed E-state index contributed by atoms with van der Waals surface area (Å²) in [6, 6.07) is 3.58. The second kappa shape index (κ2) is 6.51. The van der Waals surface area contributed by atoms with Crippen molar-refractivity contribution in [2.45, 2.75) is 45.1 Å². The van der Waals surface area contributed by atoms with Crippen molar-refractivity contribution < 1.29 is 22.9 Å². The minimum Gasteiger partial charge on any atom is -0.338 e. The predicted octanol–water partition coefficient (Wildman–Crippen LogP) is 3.38. The Morgan fingerprint density at radius 2 is 2.04 bits per heavy atom. The van der Waals surface area contributed by atoms with E-state index in [0.29, 0.717) is 11.8 Å². The second-order valence-corrected chi connectivity index (χ2v) is 7.23. The molecule has 3 rings (SSSR count). The fourth-order valence-electron chi connectivity index (χ4n) is 2.80. The molecule has 0 spiro atoms. The van der Waals surface area contributed by atoms with Crippen LogP contribution in [0.25, 0.3) is 0 Å². The summed E-state index contributed by atoms with van der Waals surface area (Å²) in [5.74, 6) is -2.42. The lowest BCUT2D eigenvalue weighted by molar-refractivity contribution is -0.120. The zero-order valence-corrected chi connectivity index (χ0v) is 14.7. The number of carbonyl (C=O) groups is 2. The van der Waals surface area contributed by atoms with Crippen LogP contribution in [0.4, 0.5) is 20.4 Å². The molecule has 2 amide bonds. The lowest BCUT2D eigenvalue weighted by Crippen LogP contribution is -2.42. The normalized spacial score (nSPS) is 17.7. The average molecular weight is 363 g/mol. The van der Waals surface area contributed by atoms with Gasteiger partial charge >= 0.3 is 0 Å². The van der Waals surface area contributed by atoms with Crippen molar-refractivity contribution in [1.29, 1.82) is 0 Å². The van der Waals surface area contributed by atoms with Gasteiger partial charge in [-0.2, -0.15) is 0 Å². The van der Waals surface area contributed by atoms with Crippen LogP contribution in [0.15, 0.2) is 28.8 Å². The molecule has 1 atom stereocenters. The van der Waals surface area contributed by atoms with Crippen LogP contribution in [0.2, 0.25) is 0 Å². The minimum atomic E-state index is -0.911. The molecule has 6 nitrogen and oxygen atoms in total. The van der Waals surface area contributed by atoms with Crippen molar-refractivity contribution in [3.05, 3.63) is 41.6 Å². The Morgan fingerprint density at radius 3 is 2.65 bits per heavy atom. The highest BCUT2D eigenvalue weighted by molar-refractivity contribution is 6.07. The number of aromatic nitrogens is 1. The van der Waals surface area contributed by atoms with E-state index in [9.17, 15) is 18.4 Å². The SMILES string of the molecule is CC(C)(C)c1cc(NC(=O)[C@@H]2CCC(=O)N2c2ccc(F)cc2F)on1. The van der Waals surface area contributed by atoms with Gasteiger partial charge in [0.05, 0.1) is 11.4 Å². The van der Waals surface area contributed by atoms with Crippen molar-refractivity contribution >= 4 is 23.4 Å². The topological polar surface area (TPSA) is 75.4 Å². The summed E-state index contributed by atoms with van der Waals surface area (Å²) < 4.78 is 32.3. The standard InChI is InChI=1S/C18H19F2N3O3/c1-18(2,3)14-9-15(26-22-14)21-17(25)13-6-7-16(24)23(13)12-5-4-10(19)8-11(12)20/h4-5,8-9,13H,6-7H2,1-3H3,(H,21,25)/t13-/m0/s1. The highest BCUT2D eigenvalue weighted by Gasteiger charge is 2.38. The quantitative estimate of drug-likeness (QED) is 0.907. The van der Waals surface area contributed by atoms with E-state index in [1.54, 1.807) is 6.07 Å². The number of amides is 2. The van der Waals surface area contributed by atoms with Gasteiger partial charge in [0.2, 0.25) is 17.7 Å². The molecule has 0 bridgehead atoms. The second-order valence-electron chi connectivity index (χ2n) is 7.23. The molecule has 1 aliphatic rings. The monoisotopic (exact) mass is 363 g/mol. The van der Waals surface area contributed by atoms with Gasteiger partial charge in [-0.25, -0.2) is 8.78 Å². The van der Waals surface area contributed by atoms with E-state index in [1.807, 2.05) is 20.8 Å². The summed E-state index contributed by atoms with van der Waals surface area (Å²) in [5, 5.41) is 6.48. The van der Waals surface area contributed by atoms with Crippen LogP contribution < -0.4 is 10.2 Å². The third-order valence-corrected chi connectivity index (χ3v) is 4.21. The van der Waals surface area contributed by atoms with E-state index in [1.165, 1.54) is 0 Å². The first kappa shape index (κ1) is 18.0. The number of hydrogen-bond donors (Lipinski definition) is 1. The van der Waals surface area contributed by atoms with Gasteiger partial charge in [-0.1, -0.05) is 25.9 Å². The lowest BCUT2D eigenvalue weighted by atomic mass is 9.92. The van der Waals surface area contributed by atoms with Crippen LogP contribution in [-0.4, -0.2) is 23.0 Å². The van der Waals surface area contributed by atoms with Gasteiger partial charge in [-0.15, -0.1) is 0 Å². The van der Waals surface area contributed by atoms with Gasteiger partial charge in [-0.05, 0) is 18.6 Å². The molecule has 1 fully saturated rings. The molecule has 2 heterocycles. The number of halogens is 2. The molecule has 0 aliphatic carbocycles. The molecule has 1 N–H and O–H groups in total. The molecule has 1 aliphatic heterocycles. The van der Waals surface area contributed by atoms with Crippen LogP contribution >= 0.6 is 0 Å². The van der Waals surface area contributed by atoms with Crippen LogP contribution in [0, 0.1) is 11.6 Å². The fourth-order valence-corrected chi connectivity index (χ4v) is 2.80. The first-order valence-electron chi connectivity index (χ1n) is 8.22.